The third-order valence-corrected chi connectivity index (χ3v) is 3.66. The molecule has 4 heteroatoms. The van der Waals surface area contributed by atoms with Crippen LogP contribution in [0.3, 0.4) is 0 Å². The van der Waals surface area contributed by atoms with E-state index >= 15 is 0 Å². The number of aromatic nitrogens is 2. The molecule has 24 heavy (non-hydrogen) atoms. The van der Waals surface area contributed by atoms with E-state index in [2.05, 4.69) is 40.7 Å². The number of ether oxygens (including phenoxy) is 1. The normalized spacial score (nSPS) is 11.0. The minimum atomic E-state index is 0.189. The molecule has 0 radical (unpaired) electrons. The predicted molar refractivity (Wildman–Crippen MR) is 96.3 cm³/mol. The summed E-state index contributed by atoms with van der Waals surface area (Å²) in [5.74, 6) is 0.918. The van der Waals surface area contributed by atoms with E-state index in [9.17, 15) is 0 Å². The molecule has 0 fully saturated rings. The van der Waals surface area contributed by atoms with Gasteiger partial charge in [-0.25, -0.2) is 4.68 Å². The van der Waals surface area contributed by atoms with Crippen molar-refractivity contribution in [3.8, 4) is 11.4 Å². The van der Waals surface area contributed by atoms with Crippen LogP contribution in [0.2, 0.25) is 0 Å². The van der Waals surface area contributed by atoms with Crippen LogP contribution in [0.4, 0.5) is 0 Å². The summed E-state index contributed by atoms with van der Waals surface area (Å²) in [6.45, 7) is 5.66. The Kier molecular flexibility index (Phi) is 5.29. The standard InChI is InChI=1S/C20H23N3O/c1-16(2)24-19-9-5-7-17(13-19)14-21-15-18-8-3-4-10-20(18)23-12-6-11-22-23/h3-13,16,21H,14-15H2,1-2H3. The van der Waals surface area contributed by atoms with E-state index in [-0.39, 0.29) is 6.10 Å². The lowest BCUT2D eigenvalue weighted by atomic mass is 10.1. The van der Waals surface area contributed by atoms with Crippen molar-refractivity contribution in [2.45, 2.75) is 33.0 Å². The second-order valence-corrected chi connectivity index (χ2v) is 6.00. The van der Waals surface area contributed by atoms with Crippen molar-refractivity contribution in [3.05, 3.63) is 78.1 Å². The predicted octanol–water partition coefficient (Wildman–Crippen LogP) is 3.95. The molecule has 0 spiro atoms. The number of rotatable bonds is 7. The Balaban J connectivity index is 1.63. The van der Waals surface area contributed by atoms with Crippen LogP contribution in [0.25, 0.3) is 5.69 Å². The van der Waals surface area contributed by atoms with Gasteiger partial charge >= 0.3 is 0 Å². The molecule has 3 aromatic rings. The SMILES string of the molecule is CC(C)Oc1cccc(CNCc2ccccc2-n2cccn2)c1. The van der Waals surface area contributed by atoms with E-state index in [0.29, 0.717) is 0 Å². The smallest absolute Gasteiger partial charge is 0.120 e. The Bertz CT molecular complexity index is 766. The minimum absolute atomic E-state index is 0.189. The van der Waals surface area contributed by atoms with Gasteiger partial charge in [0.15, 0.2) is 0 Å². The number of nitrogens with zero attached hydrogens (tertiary/aromatic N) is 2. The largest absolute Gasteiger partial charge is 0.491 e. The summed E-state index contributed by atoms with van der Waals surface area (Å²) in [6, 6.07) is 18.5. The summed E-state index contributed by atoms with van der Waals surface area (Å²) >= 11 is 0. The van der Waals surface area contributed by atoms with Gasteiger partial charge < -0.3 is 10.1 Å². The fourth-order valence-corrected chi connectivity index (χ4v) is 2.64. The Morgan fingerprint density at radius 2 is 1.92 bits per heavy atom. The maximum Gasteiger partial charge on any atom is 0.120 e. The third kappa shape index (κ3) is 4.24. The van der Waals surface area contributed by atoms with Crippen LogP contribution in [0.5, 0.6) is 5.75 Å². The number of hydrogen-bond acceptors (Lipinski definition) is 3. The minimum Gasteiger partial charge on any atom is -0.491 e. The first kappa shape index (κ1) is 16.3. The molecule has 0 bridgehead atoms. The molecule has 0 amide bonds. The van der Waals surface area contributed by atoms with Gasteiger partial charge in [0, 0.05) is 25.5 Å². The molecule has 0 saturated carbocycles. The average Bonchev–Trinajstić information content (AvgIpc) is 3.09. The lowest BCUT2D eigenvalue weighted by Crippen LogP contribution is -2.15. The zero-order valence-electron chi connectivity index (χ0n) is 14.1. The van der Waals surface area contributed by atoms with E-state index < -0.39 is 0 Å². The molecule has 1 heterocycles. The van der Waals surface area contributed by atoms with E-state index in [1.54, 1.807) is 6.20 Å². The lowest BCUT2D eigenvalue weighted by molar-refractivity contribution is 0.242. The van der Waals surface area contributed by atoms with Crippen molar-refractivity contribution in [2.24, 2.45) is 0 Å². The van der Waals surface area contributed by atoms with Crippen LogP contribution in [0.15, 0.2) is 67.0 Å². The Labute approximate surface area is 143 Å². The van der Waals surface area contributed by atoms with Gasteiger partial charge in [-0.05, 0) is 49.2 Å². The molecule has 0 aliphatic rings. The number of benzene rings is 2. The Morgan fingerprint density at radius 1 is 1.04 bits per heavy atom. The molecule has 1 aromatic heterocycles. The highest BCUT2D eigenvalue weighted by atomic mass is 16.5. The molecule has 0 atom stereocenters. The third-order valence-electron chi connectivity index (χ3n) is 3.66. The van der Waals surface area contributed by atoms with E-state index in [1.165, 1.54) is 11.1 Å². The van der Waals surface area contributed by atoms with Crippen LogP contribution >= 0.6 is 0 Å². The second kappa shape index (κ2) is 7.79. The van der Waals surface area contributed by atoms with Crippen LogP contribution < -0.4 is 10.1 Å². The fraction of sp³-hybridized carbons (Fsp3) is 0.250. The zero-order chi connectivity index (χ0) is 16.8. The van der Waals surface area contributed by atoms with Gasteiger partial charge in [0.1, 0.15) is 5.75 Å². The molecule has 124 valence electrons. The molecule has 1 N–H and O–H groups in total. The first-order valence-corrected chi connectivity index (χ1v) is 8.26. The molecule has 0 unspecified atom stereocenters. The summed E-state index contributed by atoms with van der Waals surface area (Å²) in [5.41, 5.74) is 3.53. The van der Waals surface area contributed by atoms with Gasteiger partial charge in [-0.15, -0.1) is 0 Å². The summed E-state index contributed by atoms with van der Waals surface area (Å²) in [5, 5.41) is 7.83. The monoisotopic (exact) mass is 321 g/mol. The molecular weight excluding hydrogens is 298 g/mol. The average molecular weight is 321 g/mol. The van der Waals surface area contributed by atoms with Crippen LogP contribution in [-0.4, -0.2) is 15.9 Å². The quantitative estimate of drug-likeness (QED) is 0.716. The van der Waals surface area contributed by atoms with Crippen molar-refractivity contribution < 1.29 is 4.74 Å². The van der Waals surface area contributed by atoms with E-state index in [4.69, 9.17) is 4.74 Å². The Morgan fingerprint density at radius 3 is 2.71 bits per heavy atom. The second-order valence-electron chi connectivity index (χ2n) is 6.00. The summed E-state index contributed by atoms with van der Waals surface area (Å²) < 4.78 is 7.65. The van der Waals surface area contributed by atoms with E-state index in [0.717, 1.165) is 24.5 Å². The molecule has 0 aliphatic carbocycles. The van der Waals surface area contributed by atoms with Crippen LogP contribution in [0.1, 0.15) is 25.0 Å². The first-order chi connectivity index (χ1) is 11.7. The first-order valence-electron chi connectivity index (χ1n) is 8.26. The lowest BCUT2D eigenvalue weighted by Gasteiger charge is -2.12. The van der Waals surface area contributed by atoms with Crippen molar-refractivity contribution in [1.82, 2.24) is 15.1 Å². The van der Waals surface area contributed by atoms with Gasteiger partial charge in [0.2, 0.25) is 0 Å². The molecule has 2 aromatic carbocycles. The van der Waals surface area contributed by atoms with E-state index in [1.807, 2.05) is 49.0 Å². The number of nitrogens with one attached hydrogen (secondary N) is 1. The van der Waals surface area contributed by atoms with Gasteiger partial charge in [-0.3, -0.25) is 0 Å². The molecule has 0 saturated heterocycles. The number of hydrogen-bond donors (Lipinski definition) is 1. The summed E-state index contributed by atoms with van der Waals surface area (Å²) in [7, 11) is 0. The fourth-order valence-electron chi connectivity index (χ4n) is 2.64. The molecule has 0 aliphatic heterocycles. The van der Waals surface area contributed by atoms with Crippen LogP contribution in [-0.2, 0) is 13.1 Å². The highest BCUT2D eigenvalue weighted by Crippen LogP contribution is 2.16. The van der Waals surface area contributed by atoms with Crippen molar-refractivity contribution in [2.75, 3.05) is 0 Å². The highest BCUT2D eigenvalue weighted by molar-refractivity contribution is 5.40. The van der Waals surface area contributed by atoms with Gasteiger partial charge in [0.25, 0.3) is 0 Å². The van der Waals surface area contributed by atoms with Gasteiger partial charge in [-0.1, -0.05) is 30.3 Å². The highest BCUT2D eigenvalue weighted by Gasteiger charge is 2.04. The maximum absolute atomic E-state index is 5.75. The summed E-state index contributed by atoms with van der Waals surface area (Å²) in [4.78, 5) is 0. The number of para-hydroxylation sites is 1. The molecular formula is C20H23N3O. The molecule has 3 rings (SSSR count). The maximum atomic E-state index is 5.75. The molecule has 4 nitrogen and oxygen atoms in total. The van der Waals surface area contributed by atoms with Gasteiger partial charge in [0.05, 0.1) is 11.8 Å². The van der Waals surface area contributed by atoms with Crippen molar-refractivity contribution in [1.29, 1.82) is 0 Å². The van der Waals surface area contributed by atoms with Gasteiger partial charge in [-0.2, -0.15) is 5.10 Å². The Hall–Kier alpha value is -2.59. The van der Waals surface area contributed by atoms with Crippen LogP contribution in [0, 0.1) is 0 Å². The van der Waals surface area contributed by atoms with Crippen molar-refractivity contribution >= 4 is 0 Å². The van der Waals surface area contributed by atoms with Crippen molar-refractivity contribution in [3.63, 3.8) is 0 Å². The topological polar surface area (TPSA) is 39.1 Å². The summed E-state index contributed by atoms with van der Waals surface area (Å²) in [6.07, 6.45) is 3.95. The zero-order valence-corrected chi connectivity index (χ0v) is 14.1.